The van der Waals surface area contributed by atoms with E-state index < -0.39 is 12.1 Å². The first kappa shape index (κ1) is 15.6. The highest BCUT2D eigenvalue weighted by molar-refractivity contribution is 6.32. The second-order valence-electron chi connectivity index (χ2n) is 4.05. The predicted molar refractivity (Wildman–Crippen MR) is 67.8 cm³/mol. The number of hydrogen-bond acceptors (Lipinski definition) is 5. The van der Waals surface area contributed by atoms with Crippen LogP contribution in [0.5, 0.6) is 5.75 Å². The maximum Gasteiger partial charge on any atom is 0.471 e. The van der Waals surface area contributed by atoms with Crippen LogP contribution >= 0.6 is 11.6 Å². The number of hydrogen-bond donors (Lipinski definition) is 1. The molecular formula is C12H11ClF3N3O2. The summed E-state index contributed by atoms with van der Waals surface area (Å²) < 4.78 is 46.0. The quantitative estimate of drug-likeness (QED) is 0.917. The Labute approximate surface area is 123 Å². The first-order chi connectivity index (χ1) is 9.91. The fraction of sp³-hybridized carbons (Fsp3) is 0.333. The molecule has 0 saturated heterocycles. The Bertz CT molecular complexity index is 616. The fourth-order valence-corrected chi connectivity index (χ4v) is 1.87. The van der Waals surface area contributed by atoms with Crippen molar-refractivity contribution < 1.29 is 22.4 Å². The lowest BCUT2D eigenvalue weighted by Gasteiger charge is -2.08. The minimum Gasteiger partial charge on any atom is -0.495 e. The van der Waals surface area contributed by atoms with E-state index in [9.17, 15) is 13.2 Å². The number of halogens is 4. The molecule has 0 saturated carbocycles. The van der Waals surface area contributed by atoms with E-state index in [1.165, 1.54) is 7.11 Å². The van der Waals surface area contributed by atoms with Crippen LogP contribution in [0.25, 0.3) is 0 Å². The van der Waals surface area contributed by atoms with E-state index in [2.05, 4.69) is 20.0 Å². The van der Waals surface area contributed by atoms with Crippen molar-refractivity contribution in [1.82, 2.24) is 15.5 Å². The lowest BCUT2D eigenvalue weighted by molar-refractivity contribution is -0.159. The lowest BCUT2D eigenvalue weighted by Crippen LogP contribution is -2.14. The van der Waals surface area contributed by atoms with Gasteiger partial charge in [-0.2, -0.15) is 18.2 Å². The maximum atomic E-state index is 12.3. The van der Waals surface area contributed by atoms with Crippen molar-refractivity contribution in [2.75, 3.05) is 7.11 Å². The van der Waals surface area contributed by atoms with E-state index in [1.807, 2.05) is 0 Å². The van der Waals surface area contributed by atoms with Crippen molar-refractivity contribution in [2.24, 2.45) is 0 Å². The van der Waals surface area contributed by atoms with Gasteiger partial charge >= 0.3 is 12.1 Å². The molecule has 0 amide bonds. The Hall–Kier alpha value is -1.80. The molecule has 1 N–H and O–H groups in total. The van der Waals surface area contributed by atoms with Gasteiger partial charge in [0, 0.05) is 6.54 Å². The number of methoxy groups -OCH3 is 1. The molecule has 0 atom stereocenters. The van der Waals surface area contributed by atoms with E-state index >= 15 is 0 Å². The van der Waals surface area contributed by atoms with E-state index in [0.29, 0.717) is 17.3 Å². The Morgan fingerprint density at radius 1 is 1.33 bits per heavy atom. The van der Waals surface area contributed by atoms with Crippen molar-refractivity contribution in [3.8, 4) is 5.75 Å². The zero-order valence-corrected chi connectivity index (χ0v) is 11.6. The van der Waals surface area contributed by atoms with Crippen LogP contribution in [0.15, 0.2) is 22.7 Å². The number of benzene rings is 1. The van der Waals surface area contributed by atoms with Gasteiger partial charge in [-0.3, -0.25) is 0 Å². The van der Waals surface area contributed by atoms with Crippen molar-refractivity contribution in [3.05, 3.63) is 40.5 Å². The van der Waals surface area contributed by atoms with Crippen LogP contribution in [0.3, 0.4) is 0 Å². The Morgan fingerprint density at radius 2 is 2.10 bits per heavy atom. The largest absolute Gasteiger partial charge is 0.495 e. The molecule has 5 nitrogen and oxygen atoms in total. The summed E-state index contributed by atoms with van der Waals surface area (Å²) in [4.78, 5) is 3.25. The average molecular weight is 322 g/mol. The average Bonchev–Trinajstić information content (AvgIpc) is 2.89. The molecule has 0 radical (unpaired) electrons. The van der Waals surface area contributed by atoms with Crippen molar-refractivity contribution in [1.29, 1.82) is 0 Å². The molecule has 114 valence electrons. The summed E-state index contributed by atoms with van der Waals surface area (Å²) in [6.07, 6.45) is -4.64. The molecule has 2 aromatic rings. The Morgan fingerprint density at radius 3 is 2.71 bits per heavy atom. The number of nitrogens with one attached hydrogen (secondary N) is 1. The van der Waals surface area contributed by atoms with Gasteiger partial charge in [0.15, 0.2) is 5.82 Å². The first-order valence-corrected chi connectivity index (χ1v) is 6.21. The molecule has 0 unspecified atom stereocenters. The molecular weight excluding hydrogens is 311 g/mol. The van der Waals surface area contributed by atoms with Gasteiger partial charge in [-0.15, -0.1) is 0 Å². The minimum absolute atomic E-state index is 0.0210. The van der Waals surface area contributed by atoms with Crippen LogP contribution in [0.2, 0.25) is 5.02 Å². The van der Waals surface area contributed by atoms with Gasteiger partial charge in [-0.1, -0.05) is 28.9 Å². The Balaban J connectivity index is 1.94. The summed E-state index contributed by atoms with van der Waals surface area (Å²) in [7, 11) is 1.50. The van der Waals surface area contributed by atoms with Gasteiger partial charge in [-0.25, -0.2) is 0 Å². The number of aromatic nitrogens is 2. The molecule has 0 aliphatic rings. The van der Waals surface area contributed by atoms with Crippen LogP contribution < -0.4 is 10.1 Å². The van der Waals surface area contributed by atoms with Crippen LogP contribution in [0, 0.1) is 0 Å². The number of rotatable bonds is 5. The van der Waals surface area contributed by atoms with Crippen LogP contribution in [0.4, 0.5) is 13.2 Å². The molecule has 9 heteroatoms. The lowest BCUT2D eigenvalue weighted by atomic mass is 10.2. The highest BCUT2D eigenvalue weighted by Gasteiger charge is 2.38. The van der Waals surface area contributed by atoms with Gasteiger partial charge in [-0.05, 0) is 11.6 Å². The number of nitrogens with zero attached hydrogens (tertiary/aromatic N) is 2. The zero-order valence-electron chi connectivity index (χ0n) is 10.9. The topological polar surface area (TPSA) is 60.2 Å². The summed E-state index contributed by atoms with van der Waals surface area (Å²) >= 11 is 6.09. The zero-order chi connectivity index (χ0) is 15.5. The molecule has 1 aromatic heterocycles. The maximum absolute atomic E-state index is 12.3. The molecule has 0 bridgehead atoms. The van der Waals surface area contributed by atoms with E-state index in [1.54, 1.807) is 18.2 Å². The van der Waals surface area contributed by atoms with E-state index in [4.69, 9.17) is 16.3 Å². The molecule has 0 aliphatic carbocycles. The van der Waals surface area contributed by atoms with Crippen molar-refractivity contribution in [3.63, 3.8) is 0 Å². The predicted octanol–water partition coefficient (Wildman–Crippen LogP) is 3.04. The van der Waals surface area contributed by atoms with Crippen LogP contribution in [-0.2, 0) is 19.3 Å². The number of ether oxygens (including phenoxy) is 1. The molecule has 0 spiro atoms. The monoisotopic (exact) mass is 321 g/mol. The summed E-state index contributed by atoms with van der Waals surface area (Å²) in [6, 6.07) is 5.24. The highest BCUT2D eigenvalue weighted by Crippen LogP contribution is 2.28. The van der Waals surface area contributed by atoms with Crippen molar-refractivity contribution in [2.45, 2.75) is 19.3 Å². The molecule has 0 aliphatic heterocycles. The number of alkyl halides is 3. The second kappa shape index (κ2) is 6.31. The minimum atomic E-state index is -4.64. The fourth-order valence-electron chi connectivity index (χ4n) is 1.60. The summed E-state index contributed by atoms with van der Waals surface area (Å²) in [5.41, 5.74) is 0.746. The third kappa shape index (κ3) is 3.85. The highest BCUT2D eigenvalue weighted by atomic mass is 35.5. The second-order valence-corrected chi connectivity index (χ2v) is 4.43. The molecule has 1 heterocycles. The summed E-state index contributed by atoms with van der Waals surface area (Å²) in [5, 5.41) is 6.57. The van der Waals surface area contributed by atoms with Crippen LogP contribution in [-0.4, -0.2) is 17.3 Å². The Kier molecular flexibility index (Phi) is 4.69. The third-order valence-electron chi connectivity index (χ3n) is 2.57. The van der Waals surface area contributed by atoms with Crippen LogP contribution in [0.1, 0.15) is 17.3 Å². The van der Waals surface area contributed by atoms with Crippen molar-refractivity contribution >= 4 is 11.6 Å². The van der Waals surface area contributed by atoms with Gasteiger partial charge in [0.2, 0.25) is 0 Å². The smallest absolute Gasteiger partial charge is 0.471 e. The SMILES string of the molecule is COc1cccc(CNCc2noc(C(F)(F)F)n2)c1Cl. The molecule has 21 heavy (non-hydrogen) atoms. The van der Waals surface area contributed by atoms with Gasteiger partial charge in [0.1, 0.15) is 5.75 Å². The third-order valence-corrected chi connectivity index (χ3v) is 3.00. The summed E-state index contributed by atoms with van der Waals surface area (Å²) in [6.45, 7) is 0.346. The molecule has 0 fully saturated rings. The van der Waals surface area contributed by atoms with Gasteiger partial charge < -0.3 is 14.6 Å². The molecule has 1 aromatic carbocycles. The van der Waals surface area contributed by atoms with Gasteiger partial charge in [0.05, 0.1) is 18.7 Å². The normalized spacial score (nSPS) is 11.7. The first-order valence-electron chi connectivity index (χ1n) is 5.83. The standard InChI is InChI=1S/C12H11ClF3N3O2/c1-20-8-4-2-3-7(10(8)13)5-17-6-9-18-11(21-19-9)12(14,15)16/h2-4,17H,5-6H2,1H3. The van der Waals surface area contributed by atoms with E-state index in [-0.39, 0.29) is 12.4 Å². The summed E-state index contributed by atoms with van der Waals surface area (Å²) in [5.74, 6) is -0.921. The van der Waals surface area contributed by atoms with E-state index in [0.717, 1.165) is 5.56 Å². The van der Waals surface area contributed by atoms with Gasteiger partial charge in [0.25, 0.3) is 0 Å². The molecule has 2 rings (SSSR count).